The highest BCUT2D eigenvalue weighted by atomic mass is 16.4. The first-order chi connectivity index (χ1) is 9.52. The molecular formula is C15H21NO4. The minimum absolute atomic E-state index is 0.0201. The molecule has 0 saturated heterocycles. The number of hydrogen-bond acceptors (Lipinski definition) is 3. The molecule has 1 rings (SSSR count). The maximum Gasteiger partial charge on any atom is 0.332 e. The van der Waals surface area contributed by atoms with Crippen LogP contribution in [-0.2, 0) is 22.4 Å². The minimum atomic E-state index is -1.42. The van der Waals surface area contributed by atoms with E-state index in [1.165, 1.54) is 5.56 Å². The van der Waals surface area contributed by atoms with Gasteiger partial charge in [-0.15, -0.1) is 0 Å². The number of rotatable bonds is 8. The molecule has 0 unspecified atom stereocenters. The number of amides is 1. The number of aryl methyl sites for hydroxylation is 2. The van der Waals surface area contributed by atoms with E-state index in [1.807, 2.05) is 12.1 Å². The number of aliphatic hydroxyl groups excluding tert-OH is 1. The first-order valence-corrected chi connectivity index (χ1v) is 6.78. The van der Waals surface area contributed by atoms with Crippen molar-refractivity contribution in [3.8, 4) is 0 Å². The minimum Gasteiger partial charge on any atom is -0.479 e. The molecule has 0 fully saturated rings. The SMILES string of the molecule is CCc1ccc(CCC(=O)NCC[C@H](O)C(=O)O)cc1. The molecule has 3 N–H and O–H groups in total. The molecule has 1 atom stereocenters. The standard InChI is InChI=1S/C15H21NO4/c1-2-11-3-5-12(6-4-11)7-8-14(18)16-10-9-13(17)15(19)20/h3-6,13,17H,2,7-10H2,1H3,(H,16,18)(H,19,20)/t13-/m0/s1. The maximum absolute atomic E-state index is 11.6. The van der Waals surface area contributed by atoms with Gasteiger partial charge >= 0.3 is 5.97 Å². The molecule has 0 aromatic heterocycles. The van der Waals surface area contributed by atoms with E-state index in [-0.39, 0.29) is 18.9 Å². The summed E-state index contributed by atoms with van der Waals surface area (Å²) in [6.45, 7) is 2.26. The van der Waals surface area contributed by atoms with Crippen molar-refractivity contribution < 1.29 is 19.8 Å². The number of nitrogens with one attached hydrogen (secondary N) is 1. The molecule has 0 saturated carbocycles. The predicted octanol–water partition coefficient (Wildman–Crippen LogP) is 1.13. The second-order valence-electron chi connectivity index (χ2n) is 4.66. The van der Waals surface area contributed by atoms with E-state index >= 15 is 0 Å². The van der Waals surface area contributed by atoms with Crippen LogP contribution in [0.3, 0.4) is 0 Å². The molecule has 1 amide bonds. The van der Waals surface area contributed by atoms with Gasteiger partial charge in [-0.3, -0.25) is 4.79 Å². The molecule has 110 valence electrons. The van der Waals surface area contributed by atoms with E-state index in [0.29, 0.717) is 12.8 Å². The van der Waals surface area contributed by atoms with E-state index in [1.54, 1.807) is 0 Å². The van der Waals surface area contributed by atoms with Crippen LogP contribution in [0.15, 0.2) is 24.3 Å². The molecule has 0 aliphatic rings. The van der Waals surface area contributed by atoms with Gasteiger partial charge in [0.15, 0.2) is 6.10 Å². The van der Waals surface area contributed by atoms with Crippen molar-refractivity contribution in [1.82, 2.24) is 5.32 Å². The number of aliphatic hydroxyl groups is 1. The summed E-state index contributed by atoms with van der Waals surface area (Å²) in [5, 5.41) is 20.1. The number of carboxylic acids is 1. The Bertz CT molecular complexity index is 442. The summed E-state index contributed by atoms with van der Waals surface area (Å²) in [7, 11) is 0. The quantitative estimate of drug-likeness (QED) is 0.666. The van der Waals surface area contributed by atoms with Crippen molar-refractivity contribution >= 4 is 11.9 Å². The maximum atomic E-state index is 11.6. The first-order valence-electron chi connectivity index (χ1n) is 6.78. The molecule has 0 radical (unpaired) electrons. The monoisotopic (exact) mass is 279 g/mol. The lowest BCUT2D eigenvalue weighted by molar-refractivity contribution is -0.147. The Kier molecular flexibility index (Phi) is 6.73. The Labute approximate surface area is 118 Å². The molecule has 0 aliphatic heterocycles. The molecule has 0 bridgehead atoms. The van der Waals surface area contributed by atoms with Crippen LogP contribution in [0.2, 0.25) is 0 Å². The van der Waals surface area contributed by atoms with Gasteiger partial charge in [-0.05, 0) is 24.0 Å². The van der Waals surface area contributed by atoms with Crippen LogP contribution >= 0.6 is 0 Å². The fourth-order valence-corrected chi connectivity index (χ4v) is 1.76. The predicted molar refractivity (Wildman–Crippen MR) is 75.4 cm³/mol. The lowest BCUT2D eigenvalue weighted by atomic mass is 10.1. The summed E-state index contributed by atoms with van der Waals surface area (Å²) in [4.78, 5) is 21.9. The molecule has 5 nitrogen and oxygen atoms in total. The Balaban J connectivity index is 2.23. The van der Waals surface area contributed by atoms with Crippen molar-refractivity contribution in [3.05, 3.63) is 35.4 Å². The number of carboxylic acid groups (broad SMARTS) is 1. The summed E-state index contributed by atoms with van der Waals surface area (Å²) >= 11 is 0. The third-order valence-corrected chi connectivity index (χ3v) is 3.10. The normalized spacial score (nSPS) is 11.9. The fourth-order valence-electron chi connectivity index (χ4n) is 1.76. The summed E-state index contributed by atoms with van der Waals surface area (Å²) in [6, 6.07) is 8.13. The average molecular weight is 279 g/mol. The van der Waals surface area contributed by atoms with Gasteiger partial charge in [-0.1, -0.05) is 31.2 Å². The average Bonchev–Trinajstić information content (AvgIpc) is 2.45. The van der Waals surface area contributed by atoms with Gasteiger partial charge < -0.3 is 15.5 Å². The van der Waals surface area contributed by atoms with Crippen LogP contribution in [-0.4, -0.2) is 34.7 Å². The Morgan fingerprint density at radius 3 is 2.35 bits per heavy atom. The third kappa shape index (κ3) is 5.84. The number of carbonyl (C=O) groups is 2. The van der Waals surface area contributed by atoms with Gasteiger partial charge in [-0.25, -0.2) is 4.79 Å². The smallest absolute Gasteiger partial charge is 0.332 e. The molecule has 5 heteroatoms. The van der Waals surface area contributed by atoms with Crippen LogP contribution in [0.4, 0.5) is 0 Å². The van der Waals surface area contributed by atoms with Gasteiger partial charge in [-0.2, -0.15) is 0 Å². The van der Waals surface area contributed by atoms with E-state index < -0.39 is 12.1 Å². The summed E-state index contributed by atoms with van der Waals surface area (Å²) in [5.74, 6) is -1.41. The Morgan fingerprint density at radius 1 is 1.20 bits per heavy atom. The molecular weight excluding hydrogens is 258 g/mol. The van der Waals surface area contributed by atoms with Crippen LogP contribution in [0.25, 0.3) is 0 Å². The molecule has 1 aromatic rings. The summed E-state index contributed by atoms with van der Waals surface area (Å²) in [5.41, 5.74) is 2.36. The van der Waals surface area contributed by atoms with Crippen molar-refractivity contribution in [3.63, 3.8) is 0 Å². The lowest BCUT2D eigenvalue weighted by Gasteiger charge is -2.07. The van der Waals surface area contributed by atoms with Crippen LogP contribution in [0, 0.1) is 0 Å². The zero-order valence-corrected chi connectivity index (χ0v) is 11.6. The highest BCUT2D eigenvalue weighted by molar-refractivity contribution is 5.76. The third-order valence-electron chi connectivity index (χ3n) is 3.10. The van der Waals surface area contributed by atoms with E-state index in [0.717, 1.165) is 12.0 Å². The number of aliphatic carboxylic acids is 1. The largest absolute Gasteiger partial charge is 0.479 e. The van der Waals surface area contributed by atoms with Crippen molar-refractivity contribution in [2.75, 3.05) is 6.54 Å². The van der Waals surface area contributed by atoms with Crippen molar-refractivity contribution in [2.24, 2.45) is 0 Å². The lowest BCUT2D eigenvalue weighted by Crippen LogP contribution is -2.30. The number of carbonyl (C=O) groups excluding carboxylic acids is 1. The molecule has 1 aromatic carbocycles. The van der Waals surface area contributed by atoms with Gasteiger partial charge in [0.2, 0.25) is 5.91 Å². The molecule has 0 spiro atoms. The van der Waals surface area contributed by atoms with Gasteiger partial charge in [0.25, 0.3) is 0 Å². The molecule has 0 aliphatic carbocycles. The Morgan fingerprint density at radius 2 is 1.80 bits per heavy atom. The van der Waals surface area contributed by atoms with E-state index in [9.17, 15) is 9.59 Å². The summed E-state index contributed by atoms with van der Waals surface area (Å²) < 4.78 is 0. The van der Waals surface area contributed by atoms with Crippen molar-refractivity contribution in [1.29, 1.82) is 0 Å². The van der Waals surface area contributed by atoms with E-state index in [4.69, 9.17) is 10.2 Å². The Hall–Kier alpha value is -1.88. The van der Waals surface area contributed by atoms with Gasteiger partial charge in [0.05, 0.1) is 0 Å². The number of hydrogen-bond donors (Lipinski definition) is 3. The fraction of sp³-hybridized carbons (Fsp3) is 0.467. The van der Waals surface area contributed by atoms with Gasteiger partial charge in [0, 0.05) is 19.4 Å². The van der Waals surface area contributed by atoms with Crippen LogP contribution in [0.1, 0.15) is 30.9 Å². The molecule has 0 heterocycles. The topological polar surface area (TPSA) is 86.6 Å². The molecule has 20 heavy (non-hydrogen) atoms. The van der Waals surface area contributed by atoms with Gasteiger partial charge in [0.1, 0.15) is 0 Å². The zero-order chi connectivity index (χ0) is 15.0. The number of benzene rings is 1. The highest BCUT2D eigenvalue weighted by Crippen LogP contribution is 2.07. The second kappa shape index (κ2) is 8.32. The second-order valence-corrected chi connectivity index (χ2v) is 4.66. The van der Waals surface area contributed by atoms with Crippen LogP contribution in [0.5, 0.6) is 0 Å². The zero-order valence-electron chi connectivity index (χ0n) is 11.6. The first kappa shape index (κ1) is 16.2. The summed E-state index contributed by atoms with van der Waals surface area (Å²) in [6.07, 6.45) is 0.599. The van der Waals surface area contributed by atoms with Crippen molar-refractivity contribution in [2.45, 2.75) is 38.7 Å². The van der Waals surface area contributed by atoms with E-state index in [2.05, 4.69) is 24.4 Å². The van der Waals surface area contributed by atoms with Crippen LogP contribution < -0.4 is 5.32 Å². The highest BCUT2D eigenvalue weighted by Gasteiger charge is 2.12.